The monoisotopic (exact) mass is 206 g/mol. The molecule has 1 fully saturated rings. The molecule has 1 aliphatic rings. The van der Waals surface area contributed by atoms with Gasteiger partial charge in [0.2, 0.25) is 0 Å². The average molecular weight is 207 g/mol. The normalized spacial score (nSPS) is 21.7. The Hall–Kier alpha value is 0.210. The molecule has 0 N–H and O–H groups in total. The highest BCUT2D eigenvalue weighted by molar-refractivity contribution is 6.20. The lowest BCUT2D eigenvalue weighted by Crippen LogP contribution is -2.17. The van der Waals surface area contributed by atoms with E-state index in [4.69, 9.17) is 21.1 Å². The zero-order valence-electron chi connectivity index (χ0n) is 8.30. The van der Waals surface area contributed by atoms with Crippen LogP contribution < -0.4 is 0 Å². The molecule has 3 heteroatoms. The van der Waals surface area contributed by atoms with Crippen molar-refractivity contribution in [3.05, 3.63) is 0 Å². The van der Waals surface area contributed by atoms with Crippen LogP contribution in [0, 0.1) is 5.92 Å². The number of alkyl halides is 1. The number of methoxy groups -OCH3 is 1. The predicted octanol–water partition coefficient (Wildman–Crippen LogP) is 2.45. The van der Waals surface area contributed by atoms with E-state index < -0.39 is 0 Å². The van der Waals surface area contributed by atoms with Gasteiger partial charge in [0.1, 0.15) is 0 Å². The van der Waals surface area contributed by atoms with E-state index in [-0.39, 0.29) is 5.38 Å². The summed E-state index contributed by atoms with van der Waals surface area (Å²) in [5.41, 5.74) is 0. The quantitative estimate of drug-likeness (QED) is 0.644. The van der Waals surface area contributed by atoms with Crippen LogP contribution in [0.25, 0.3) is 0 Å². The van der Waals surface area contributed by atoms with Crippen LogP contribution in [0.5, 0.6) is 0 Å². The third-order valence-corrected chi connectivity index (χ3v) is 2.92. The maximum atomic E-state index is 6.04. The highest BCUT2D eigenvalue weighted by Gasteiger charge is 2.15. The van der Waals surface area contributed by atoms with Crippen molar-refractivity contribution in [3.63, 3.8) is 0 Å². The molecule has 1 atom stereocenters. The summed E-state index contributed by atoms with van der Waals surface area (Å²) in [5.74, 6) is 0.826. The van der Waals surface area contributed by atoms with E-state index in [1.54, 1.807) is 7.11 Å². The average Bonchev–Trinajstić information content (AvgIpc) is 2.17. The zero-order chi connectivity index (χ0) is 9.52. The number of hydrogen-bond acceptors (Lipinski definition) is 2. The molecule has 0 spiro atoms. The second-order valence-electron chi connectivity index (χ2n) is 3.69. The van der Waals surface area contributed by atoms with Gasteiger partial charge in [-0.2, -0.15) is 0 Å². The Labute approximate surface area is 85.5 Å². The van der Waals surface area contributed by atoms with Crippen LogP contribution in [0.4, 0.5) is 0 Å². The fourth-order valence-electron chi connectivity index (χ4n) is 1.72. The molecule has 0 aromatic rings. The van der Waals surface area contributed by atoms with E-state index >= 15 is 0 Å². The van der Waals surface area contributed by atoms with Crippen molar-refractivity contribution >= 4 is 11.6 Å². The lowest BCUT2D eigenvalue weighted by Gasteiger charge is -2.22. The minimum Gasteiger partial charge on any atom is -0.383 e. The molecule has 1 heterocycles. The molecule has 1 rings (SSSR count). The van der Waals surface area contributed by atoms with Crippen LogP contribution in [0.1, 0.15) is 25.7 Å². The number of halogens is 1. The highest BCUT2D eigenvalue weighted by Crippen LogP contribution is 2.22. The molecule has 0 radical (unpaired) electrons. The molecule has 2 nitrogen and oxygen atoms in total. The van der Waals surface area contributed by atoms with E-state index in [0.29, 0.717) is 6.61 Å². The summed E-state index contributed by atoms with van der Waals surface area (Å²) >= 11 is 6.04. The summed E-state index contributed by atoms with van der Waals surface area (Å²) in [5, 5.41) is 0.188. The van der Waals surface area contributed by atoms with Crippen LogP contribution in [0.15, 0.2) is 0 Å². The molecule has 1 aliphatic heterocycles. The third-order valence-electron chi connectivity index (χ3n) is 2.58. The standard InChI is InChI=1S/C10H19ClO2/c1-12-8-10(11)3-2-9-4-6-13-7-5-9/h9-10H,2-8H2,1H3. The van der Waals surface area contributed by atoms with Gasteiger partial charge in [-0.1, -0.05) is 0 Å². The summed E-state index contributed by atoms with van der Waals surface area (Å²) in [6.07, 6.45) is 4.70. The fourth-order valence-corrected chi connectivity index (χ4v) is 1.97. The van der Waals surface area contributed by atoms with E-state index in [9.17, 15) is 0 Å². The fraction of sp³-hybridized carbons (Fsp3) is 1.00. The van der Waals surface area contributed by atoms with Gasteiger partial charge in [-0.15, -0.1) is 11.6 Å². The van der Waals surface area contributed by atoms with Crippen molar-refractivity contribution in [1.29, 1.82) is 0 Å². The molecule has 0 aromatic carbocycles. The van der Waals surface area contributed by atoms with Crippen LogP contribution in [-0.4, -0.2) is 32.3 Å². The number of rotatable bonds is 5. The summed E-state index contributed by atoms with van der Waals surface area (Å²) in [4.78, 5) is 0. The largest absolute Gasteiger partial charge is 0.383 e. The first kappa shape index (κ1) is 11.3. The van der Waals surface area contributed by atoms with Crippen molar-refractivity contribution in [1.82, 2.24) is 0 Å². The van der Waals surface area contributed by atoms with Crippen LogP contribution in [0.2, 0.25) is 0 Å². The van der Waals surface area contributed by atoms with Gasteiger partial charge in [-0.3, -0.25) is 0 Å². The Morgan fingerprint density at radius 1 is 1.46 bits per heavy atom. The third kappa shape index (κ3) is 4.84. The first-order chi connectivity index (χ1) is 6.33. The SMILES string of the molecule is COCC(Cl)CCC1CCOCC1. The van der Waals surface area contributed by atoms with Gasteiger partial charge >= 0.3 is 0 Å². The summed E-state index contributed by atoms with van der Waals surface area (Å²) < 4.78 is 10.3. The van der Waals surface area contributed by atoms with E-state index in [2.05, 4.69) is 0 Å². The van der Waals surface area contributed by atoms with Crippen molar-refractivity contribution in [2.75, 3.05) is 26.9 Å². The Morgan fingerprint density at radius 3 is 2.77 bits per heavy atom. The summed E-state index contributed by atoms with van der Waals surface area (Å²) in [6, 6.07) is 0. The molecule has 1 unspecified atom stereocenters. The molecular formula is C10H19ClO2. The van der Waals surface area contributed by atoms with E-state index in [1.165, 1.54) is 19.3 Å². The van der Waals surface area contributed by atoms with Crippen molar-refractivity contribution in [2.45, 2.75) is 31.1 Å². The van der Waals surface area contributed by atoms with Gasteiger partial charge in [0, 0.05) is 20.3 Å². The number of hydrogen-bond donors (Lipinski definition) is 0. The van der Waals surface area contributed by atoms with Gasteiger partial charge in [0.05, 0.1) is 12.0 Å². The van der Waals surface area contributed by atoms with Gasteiger partial charge < -0.3 is 9.47 Å². The van der Waals surface area contributed by atoms with Crippen molar-refractivity contribution < 1.29 is 9.47 Å². The van der Waals surface area contributed by atoms with Crippen molar-refractivity contribution in [2.24, 2.45) is 5.92 Å². The number of ether oxygens (including phenoxy) is 2. The van der Waals surface area contributed by atoms with Crippen LogP contribution >= 0.6 is 11.6 Å². The molecule has 78 valence electrons. The molecule has 0 saturated carbocycles. The minimum atomic E-state index is 0.188. The maximum Gasteiger partial charge on any atom is 0.0626 e. The van der Waals surface area contributed by atoms with E-state index in [0.717, 1.165) is 25.6 Å². The molecule has 0 aromatic heterocycles. The summed E-state index contributed by atoms with van der Waals surface area (Å²) in [7, 11) is 1.70. The molecule has 13 heavy (non-hydrogen) atoms. The molecule has 1 saturated heterocycles. The molecule has 0 bridgehead atoms. The van der Waals surface area contributed by atoms with Crippen LogP contribution in [-0.2, 0) is 9.47 Å². The Balaban J connectivity index is 2.03. The van der Waals surface area contributed by atoms with Crippen LogP contribution in [0.3, 0.4) is 0 Å². The maximum absolute atomic E-state index is 6.04. The second kappa shape index (κ2) is 6.63. The smallest absolute Gasteiger partial charge is 0.0626 e. The first-order valence-corrected chi connectivity index (χ1v) is 5.47. The molecule has 0 amide bonds. The van der Waals surface area contributed by atoms with E-state index in [1.807, 2.05) is 0 Å². The van der Waals surface area contributed by atoms with Gasteiger partial charge in [-0.05, 0) is 31.6 Å². The molecule has 0 aliphatic carbocycles. The van der Waals surface area contributed by atoms with Crippen molar-refractivity contribution in [3.8, 4) is 0 Å². The summed E-state index contributed by atoms with van der Waals surface area (Å²) in [6.45, 7) is 2.54. The lowest BCUT2D eigenvalue weighted by molar-refractivity contribution is 0.0625. The molecular weight excluding hydrogens is 188 g/mol. The van der Waals surface area contributed by atoms with Gasteiger partial charge in [0.25, 0.3) is 0 Å². The van der Waals surface area contributed by atoms with Gasteiger partial charge in [0.15, 0.2) is 0 Å². The Kier molecular flexibility index (Phi) is 5.76. The predicted molar refractivity (Wildman–Crippen MR) is 54.3 cm³/mol. The highest BCUT2D eigenvalue weighted by atomic mass is 35.5. The first-order valence-electron chi connectivity index (χ1n) is 5.03. The second-order valence-corrected chi connectivity index (χ2v) is 4.30. The lowest BCUT2D eigenvalue weighted by atomic mass is 9.94. The Morgan fingerprint density at radius 2 is 2.15 bits per heavy atom. The minimum absolute atomic E-state index is 0.188. The van der Waals surface area contributed by atoms with Gasteiger partial charge in [-0.25, -0.2) is 0 Å². The Bertz CT molecular complexity index is 124. The zero-order valence-corrected chi connectivity index (χ0v) is 9.05. The topological polar surface area (TPSA) is 18.5 Å².